The van der Waals surface area contributed by atoms with Gasteiger partial charge < -0.3 is 14.7 Å². The fourth-order valence-electron chi connectivity index (χ4n) is 2.15. The van der Waals surface area contributed by atoms with Gasteiger partial charge in [-0.05, 0) is 25.5 Å². The highest BCUT2D eigenvalue weighted by Crippen LogP contribution is 2.16. The number of carbonyl (C=O) groups excluding carboxylic acids is 2. The van der Waals surface area contributed by atoms with Crippen molar-refractivity contribution < 1.29 is 19.0 Å². The van der Waals surface area contributed by atoms with Crippen LogP contribution in [-0.2, 0) is 4.79 Å². The number of nitro benzene ring substituents is 1. The Morgan fingerprint density at radius 2 is 2.00 bits per heavy atom. The molecule has 0 spiro atoms. The molecule has 0 aliphatic heterocycles. The van der Waals surface area contributed by atoms with Crippen molar-refractivity contribution in [3.05, 3.63) is 52.3 Å². The molecule has 2 aromatic rings. The standard InChI is InChI=1S/C16H18N4O5/c1-3-11(2)19(10-15(21)17-14-8-9-25-18-14)16(22)12-4-6-13(7-5-12)20(23)24/h4-9,11H,3,10H2,1-2H3,(H,17,18,21)/t11-/m1/s1. The first-order chi connectivity index (χ1) is 11.9. The second-order valence-electron chi connectivity index (χ2n) is 5.43. The molecule has 0 fully saturated rings. The van der Waals surface area contributed by atoms with Crippen LogP contribution >= 0.6 is 0 Å². The minimum absolute atomic E-state index is 0.101. The average molecular weight is 346 g/mol. The molecular weight excluding hydrogens is 328 g/mol. The number of nitro groups is 1. The average Bonchev–Trinajstić information content (AvgIpc) is 3.11. The molecule has 0 unspecified atom stereocenters. The Bertz CT molecular complexity index is 742. The van der Waals surface area contributed by atoms with Gasteiger partial charge in [0, 0.05) is 29.8 Å². The highest BCUT2D eigenvalue weighted by Gasteiger charge is 2.24. The molecule has 1 N–H and O–H groups in total. The van der Waals surface area contributed by atoms with Crippen molar-refractivity contribution >= 4 is 23.3 Å². The van der Waals surface area contributed by atoms with Crippen molar-refractivity contribution in [2.45, 2.75) is 26.3 Å². The summed E-state index contributed by atoms with van der Waals surface area (Å²) in [6, 6.07) is 6.58. The molecule has 0 saturated carbocycles. The van der Waals surface area contributed by atoms with Gasteiger partial charge in [-0.1, -0.05) is 12.1 Å². The fourth-order valence-corrected chi connectivity index (χ4v) is 2.15. The molecule has 2 amide bonds. The van der Waals surface area contributed by atoms with E-state index in [4.69, 9.17) is 0 Å². The predicted molar refractivity (Wildman–Crippen MR) is 89.0 cm³/mol. The van der Waals surface area contributed by atoms with Crippen molar-refractivity contribution in [3.8, 4) is 0 Å². The second kappa shape index (κ2) is 8.04. The Kier molecular flexibility index (Phi) is 5.83. The van der Waals surface area contributed by atoms with Gasteiger partial charge in [-0.25, -0.2) is 0 Å². The topological polar surface area (TPSA) is 119 Å². The van der Waals surface area contributed by atoms with E-state index >= 15 is 0 Å². The van der Waals surface area contributed by atoms with Gasteiger partial charge in [-0.3, -0.25) is 19.7 Å². The molecule has 1 atom stereocenters. The van der Waals surface area contributed by atoms with Crippen molar-refractivity contribution in [3.63, 3.8) is 0 Å². The minimum Gasteiger partial charge on any atom is -0.363 e. The molecule has 0 aliphatic rings. The summed E-state index contributed by atoms with van der Waals surface area (Å²) in [7, 11) is 0. The van der Waals surface area contributed by atoms with Crippen LogP contribution in [0.2, 0.25) is 0 Å². The molecule has 0 saturated heterocycles. The van der Waals surface area contributed by atoms with Gasteiger partial charge in [0.15, 0.2) is 5.82 Å². The number of benzene rings is 1. The SMILES string of the molecule is CC[C@@H](C)N(CC(=O)Nc1ccon1)C(=O)c1ccc([N+](=O)[O-])cc1. The summed E-state index contributed by atoms with van der Waals surface area (Å²) in [4.78, 5) is 36.4. The van der Waals surface area contributed by atoms with Crippen LogP contribution in [0.5, 0.6) is 0 Å². The van der Waals surface area contributed by atoms with Crippen molar-refractivity contribution in [2.24, 2.45) is 0 Å². The number of hydrogen-bond acceptors (Lipinski definition) is 6. The van der Waals surface area contributed by atoms with Gasteiger partial charge in [0.25, 0.3) is 11.6 Å². The number of amides is 2. The van der Waals surface area contributed by atoms with Gasteiger partial charge in [-0.2, -0.15) is 0 Å². The molecule has 132 valence electrons. The van der Waals surface area contributed by atoms with Crippen molar-refractivity contribution in [1.29, 1.82) is 0 Å². The van der Waals surface area contributed by atoms with E-state index in [-0.39, 0.29) is 35.6 Å². The summed E-state index contributed by atoms with van der Waals surface area (Å²) in [6.45, 7) is 3.56. The smallest absolute Gasteiger partial charge is 0.269 e. The molecule has 1 aromatic heterocycles. The Hall–Kier alpha value is -3.23. The van der Waals surface area contributed by atoms with Gasteiger partial charge in [0.05, 0.1) is 4.92 Å². The first kappa shape index (κ1) is 18.1. The molecule has 9 heteroatoms. The fraction of sp³-hybridized carbons (Fsp3) is 0.312. The van der Waals surface area contributed by atoms with Gasteiger partial charge in [0.2, 0.25) is 5.91 Å². The Labute approximate surface area is 143 Å². The quantitative estimate of drug-likeness (QED) is 0.607. The molecule has 9 nitrogen and oxygen atoms in total. The molecule has 1 heterocycles. The first-order valence-corrected chi connectivity index (χ1v) is 7.68. The zero-order valence-corrected chi connectivity index (χ0v) is 13.8. The van der Waals surface area contributed by atoms with Crippen LogP contribution < -0.4 is 5.32 Å². The van der Waals surface area contributed by atoms with E-state index in [1.54, 1.807) is 0 Å². The van der Waals surface area contributed by atoms with E-state index in [2.05, 4.69) is 15.0 Å². The molecular formula is C16H18N4O5. The zero-order chi connectivity index (χ0) is 18.4. The van der Waals surface area contributed by atoms with Crippen LogP contribution in [-0.4, -0.2) is 39.4 Å². The van der Waals surface area contributed by atoms with Crippen LogP contribution in [0.4, 0.5) is 11.5 Å². The zero-order valence-electron chi connectivity index (χ0n) is 13.8. The number of anilines is 1. The van der Waals surface area contributed by atoms with E-state index in [9.17, 15) is 19.7 Å². The van der Waals surface area contributed by atoms with Crippen molar-refractivity contribution in [1.82, 2.24) is 10.1 Å². The second-order valence-corrected chi connectivity index (χ2v) is 5.43. The van der Waals surface area contributed by atoms with Gasteiger partial charge in [-0.15, -0.1) is 0 Å². The number of nitrogens with zero attached hydrogens (tertiary/aromatic N) is 3. The summed E-state index contributed by atoms with van der Waals surface area (Å²) >= 11 is 0. The maximum absolute atomic E-state index is 12.7. The van der Waals surface area contributed by atoms with Crippen molar-refractivity contribution in [2.75, 3.05) is 11.9 Å². The summed E-state index contributed by atoms with van der Waals surface area (Å²) in [5.41, 5.74) is 0.176. The maximum Gasteiger partial charge on any atom is 0.269 e. The van der Waals surface area contributed by atoms with E-state index in [1.807, 2.05) is 13.8 Å². The van der Waals surface area contributed by atoms with E-state index < -0.39 is 10.8 Å². The maximum atomic E-state index is 12.7. The third-order valence-corrected chi connectivity index (χ3v) is 3.73. The van der Waals surface area contributed by atoms with Crippen LogP contribution in [0.15, 0.2) is 41.1 Å². The van der Waals surface area contributed by atoms with E-state index in [0.717, 1.165) is 0 Å². The van der Waals surface area contributed by atoms with Crippen LogP contribution in [0, 0.1) is 10.1 Å². The lowest BCUT2D eigenvalue weighted by atomic mass is 10.1. The lowest BCUT2D eigenvalue weighted by molar-refractivity contribution is -0.384. The molecule has 0 aliphatic carbocycles. The Morgan fingerprint density at radius 3 is 2.52 bits per heavy atom. The molecule has 0 radical (unpaired) electrons. The highest BCUT2D eigenvalue weighted by molar-refractivity contribution is 5.99. The Balaban J connectivity index is 2.13. The van der Waals surface area contributed by atoms with Gasteiger partial charge in [0.1, 0.15) is 12.8 Å². The lowest BCUT2D eigenvalue weighted by Crippen LogP contribution is -2.43. The number of carbonyl (C=O) groups is 2. The summed E-state index contributed by atoms with van der Waals surface area (Å²) in [5.74, 6) is -0.527. The first-order valence-electron chi connectivity index (χ1n) is 7.68. The largest absolute Gasteiger partial charge is 0.363 e. The summed E-state index contributed by atoms with van der Waals surface area (Å²) in [6.07, 6.45) is 1.97. The third-order valence-electron chi connectivity index (χ3n) is 3.73. The van der Waals surface area contributed by atoms with Crippen LogP contribution in [0.3, 0.4) is 0 Å². The molecule has 1 aromatic carbocycles. The van der Waals surface area contributed by atoms with E-state index in [0.29, 0.717) is 6.42 Å². The summed E-state index contributed by atoms with van der Waals surface area (Å²) in [5, 5.41) is 16.8. The monoisotopic (exact) mass is 346 g/mol. The number of rotatable bonds is 7. The number of aromatic nitrogens is 1. The predicted octanol–water partition coefficient (Wildman–Crippen LogP) is 2.46. The molecule has 0 bridgehead atoms. The van der Waals surface area contributed by atoms with Crippen LogP contribution in [0.25, 0.3) is 0 Å². The number of hydrogen-bond donors (Lipinski definition) is 1. The molecule has 25 heavy (non-hydrogen) atoms. The highest BCUT2D eigenvalue weighted by atomic mass is 16.6. The van der Waals surface area contributed by atoms with E-state index in [1.165, 1.54) is 41.5 Å². The Morgan fingerprint density at radius 1 is 1.32 bits per heavy atom. The minimum atomic E-state index is -0.536. The van der Waals surface area contributed by atoms with Crippen LogP contribution in [0.1, 0.15) is 30.6 Å². The summed E-state index contributed by atoms with van der Waals surface area (Å²) < 4.78 is 4.64. The lowest BCUT2D eigenvalue weighted by Gasteiger charge is -2.28. The molecule has 2 rings (SSSR count). The number of nitrogens with one attached hydrogen (secondary N) is 1. The third kappa shape index (κ3) is 4.63. The number of non-ortho nitro benzene ring substituents is 1. The van der Waals surface area contributed by atoms with Gasteiger partial charge >= 0.3 is 0 Å². The normalized spacial score (nSPS) is 11.6.